The van der Waals surface area contributed by atoms with E-state index in [0.29, 0.717) is 25.2 Å². The van der Waals surface area contributed by atoms with E-state index < -0.39 is 10.0 Å². The molecule has 0 aliphatic carbocycles. The van der Waals surface area contributed by atoms with Crippen LogP contribution in [0, 0.1) is 0 Å². The molecule has 0 unspecified atom stereocenters. The number of rotatable bonds is 8. The minimum atomic E-state index is -3.63. The van der Waals surface area contributed by atoms with Crippen LogP contribution in [0.25, 0.3) is 0 Å². The summed E-state index contributed by atoms with van der Waals surface area (Å²) in [5.41, 5.74) is 1.28. The van der Waals surface area contributed by atoms with Crippen LogP contribution >= 0.6 is 11.3 Å². The standard InChI is InChI=1S/C21H29N3O3S2/c1-4-24(5-2)29(26,27)18-10-11-20(23-12-6-7-13-23)19(15-18)21(25)22(3)16-17-9-8-14-28-17/h8-11,14-15H,4-7,12-13,16H2,1-3H3. The molecule has 2 aromatic rings. The second-order valence-electron chi connectivity index (χ2n) is 7.20. The van der Waals surface area contributed by atoms with Crippen molar-refractivity contribution >= 4 is 33.0 Å². The SMILES string of the molecule is CCN(CC)S(=O)(=O)c1ccc(N2CCCC2)c(C(=O)N(C)Cc2cccs2)c1. The molecule has 1 aromatic heterocycles. The van der Waals surface area contributed by atoms with Gasteiger partial charge < -0.3 is 9.80 Å². The molecule has 0 radical (unpaired) electrons. The number of carbonyl (C=O) groups is 1. The highest BCUT2D eigenvalue weighted by Gasteiger charge is 2.27. The van der Waals surface area contributed by atoms with Gasteiger partial charge in [-0.15, -0.1) is 11.3 Å². The van der Waals surface area contributed by atoms with Crippen LogP contribution in [-0.4, -0.2) is 56.8 Å². The molecule has 1 amide bonds. The first-order valence-corrected chi connectivity index (χ1v) is 12.4. The summed E-state index contributed by atoms with van der Waals surface area (Å²) in [4.78, 5) is 18.4. The Hall–Kier alpha value is -1.90. The van der Waals surface area contributed by atoms with Gasteiger partial charge in [0, 0.05) is 43.8 Å². The third kappa shape index (κ3) is 4.65. The molecular formula is C21H29N3O3S2. The molecule has 6 nitrogen and oxygen atoms in total. The van der Waals surface area contributed by atoms with Crippen LogP contribution in [0.2, 0.25) is 0 Å². The molecule has 1 aliphatic rings. The lowest BCUT2D eigenvalue weighted by Gasteiger charge is -2.25. The molecule has 0 bridgehead atoms. The summed E-state index contributed by atoms with van der Waals surface area (Å²) in [6.45, 7) is 6.71. The van der Waals surface area contributed by atoms with Crippen molar-refractivity contribution in [3.8, 4) is 0 Å². The summed E-state index contributed by atoms with van der Waals surface area (Å²) >= 11 is 1.60. The van der Waals surface area contributed by atoms with E-state index >= 15 is 0 Å². The van der Waals surface area contributed by atoms with Gasteiger partial charge in [0.1, 0.15) is 0 Å². The fourth-order valence-corrected chi connectivity index (χ4v) is 5.95. The van der Waals surface area contributed by atoms with Gasteiger partial charge in [-0.1, -0.05) is 19.9 Å². The van der Waals surface area contributed by atoms with Gasteiger partial charge >= 0.3 is 0 Å². The molecule has 1 fully saturated rings. The minimum Gasteiger partial charge on any atom is -0.371 e. The van der Waals surface area contributed by atoms with E-state index in [1.807, 2.05) is 31.4 Å². The molecular weight excluding hydrogens is 406 g/mol. The molecule has 1 aromatic carbocycles. The summed E-state index contributed by atoms with van der Waals surface area (Å²) in [5, 5.41) is 1.99. The van der Waals surface area contributed by atoms with E-state index in [1.54, 1.807) is 41.5 Å². The maximum Gasteiger partial charge on any atom is 0.256 e. The fourth-order valence-electron chi connectivity index (χ4n) is 3.71. The molecule has 158 valence electrons. The smallest absolute Gasteiger partial charge is 0.256 e. The highest BCUT2D eigenvalue weighted by Crippen LogP contribution is 2.30. The predicted molar refractivity (Wildman–Crippen MR) is 118 cm³/mol. The van der Waals surface area contributed by atoms with Gasteiger partial charge in [-0.2, -0.15) is 4.31 Å². The number of carbonyl (C=O) groups excluding carboxylic acids is 1. The van der Waals surface area contributed by atoms with Crippen molar-refractivity contribution in [3.63, 3.8) is 0 Å². The summed E-state index contributed by atoms with van der Waals surface area (Å²) in [7, 11) is -1.86. The summed E-state index contributed by atoms with van der Waals surface area (Å²) < 4.78 is 27.5. The number of hydrogen-bond donors (Lipinski definition) is 0. The van der Waals surface area contributed by atoms with Gasteiger partial charge in [0.05, 0.1) is 17.0 Å². The number of anilines is 1. The Morgan fingerprint density at radius 1 is 1.14 bits per heavy atom. The Morgan fingerprint density at radius 2 is 1.83 bits per heavy atom. The highest BCUT2D eigenvalue weighted by atomic mass is 32.2. The summed E-state index contributed by atoms with van der Waals surface area (Å²) in [5.74, 6) is -0.156. The van der Waals surface area contributed by atoms with E-state index in [2.05, 4.69) is 4.90 Å². The van der Waals surface area contributed by atoms with Crippen LogP contribution < -0.4 is 4.90 Å². The van der Waals surface area contributed by atoms with Gasteiger partial charge in [-0.25, -0.2) is 8.42 Å². The molecule has 0 N–H and O–H groups in total. The second kappa shape index (κ2) is 9.28. The lowest BCUT2D eigenvalue weighted by atomic mass is 10.1. The normalized spacial score (nSPS) is 14.6. The first kappa shape index (κ1) is 21.8. The van der Waals surface area contributed by atoms with Crippen LogP contribution in [0.1, 0.15) is 41.9 Å². The average Bonchev–Trinajstić information content (AvgIpc) is 3.42. The van der Waals surface area contributed by atoms with Crippen molar-refractivity contribution < 1.29 is 13.2 Å². The van der Waals surface area contributed by atoms with Crippen molar-refractivity contribution in [2.45, 2.75) is 38.1 Å². The van der Waals surface area contributed by atoms with Crippen molar-refractivity contribution in [1.82, 2.24) is 9.21 Å². The second-order valence-corrected chi connectivity index (χ2v) is 10.2. The van der Waals surface area contributed by atoms with Crippen molar-refractivity contribution in [3.05, 3.63) is 46.2 Å². The number of benzene rings is 1. The van der Waals surface area contributed by atoms with E-state index in [0.717, 1.165) is 36.5 Å². The molecule has 0 spiro atoms. The van der Waals surface area contributed by atoms with Crippen LogP contribution in [0.5, 0.6) is 0 Å². The van der Waals surface area contributed by atoms with Crippen molar-refractivity contribution in [2.24, 2.45) is 0 Å². The summed E-state index contributed by atoms with van der Waals surface area (Å²) in [6.07, 6.45) is 2.16. The molecule has 3 rings (SSSR count). The molecule has 2 heterocycles. The number of sulfonamides is 1. The number of nitrogens with zero attached hydrogens (tertiary/aromatic N) is 3. The lowest BCUT2D eigenvalue weighted by molar-refractivity contribution is 0.0787. The number of hydrogen-bond acceptors (Lipinski definition) is 5. The maximum atomic E-state index is 13.3. The molecule has 0 saturated carbocycles. The Morgan fingerprint density at radius 3 is 2.41 bits per heavy atom. The van der Waals surface area contributed by atoms with E-state index in [-0.39, 0.29) is 10.8 Å². The molecule has 8 heteroatoms. The average molecular weight is 436 g/mol. The maximum absolute atomic E-state index is 13.3. The Bertz CT molecular complexity index is 932. The van der Waals surface area contributed by atoms with Gasteiger partial charge in [-0.05, 0) is 42.5 Å². The molecule has 1 aliphatic heterocycles. The van der Waals surface area contributed by atoms with Gasteiger partial charge in [0.25, 0.3) is 5.91 Å². The minimum absolute atomic E-state index is 0.156. The monoisotopic (exact) mass is 435 g/mol. The van der Waals surface area contributed by atoms with Gasteiger partial charge in [0.2, 0.25) is 10.0 Å². The first-order chi connectivity index (χ1) is 13.9. The zero-order chi connectivity index (χ0) is 21.0. The molecule has 0 atom stereocenters. The van der Waals surface area contributed by atoms with E-state index in [1.165, 1.54) is 4.31 Å². The lowest BCUT2D eigenvalue weighted by Crippen LogP contribution is -2.32. The Kier molecular flexibility index (Phi) is 6.97. The topological polar surface area (TPSA) is 60.9 Å². The van der Waals surface area contributed by atoms with E-state index in [4.69, 9.17) is 0 Å². The van der Waals surface area contributed by atoms with Crippen molar-refractivity contribution in [1.29, 1.82) is 0 Å². The zero-order valence-corrected chi connectivity index (χ0v) is 18.9. The fraction of sp³-hybridized carbons (Fsp3) is 0.476. The predicted octanol–water partition coefficient (Wildman–Crippen LogP) is 3.65. The Balaban J connectivity index is 2.00. The van der Waals surface area contributed by atoms with E-state index in [9.17, 15) is 13.2 Å². The molecule has 1 saturated heterocycles. The van der Waals surface area contributed by atoms with Crippen LogP contribution in [0.4, 0.5) is 5.69 Å². The summed E-state index contributed by atoms with van der Waals surface area (Å²) in [6, 6.07) is 8.96. The van der Waals surface area contributed by atoms with Gasteiger partial charge in [0.15, 0.2) is 0 Å². The quantitative estimate of drug-likeness (QED) is 0.635. The van der Waals surface area contributed by atoms with Crippen LogP contribution in [-0.2, 0) is 16.6 Å². The van der Waals surface area contributed by atoms with Gasteiger partial charge in [-0.3, -0.25) is 4.79 Å². The largest absolute Gasteiger partial charge is 0.371 e. The van der Waals surface area contributed by atoms with Crippen molar-refractivity contribution in [2.75, 3.05) is 38.1 Å². The third-order valence-corrected chi connectivity index (χ3v) is 8.22. The Labute approximate surface area is 177 Å². The third-order valence-electron chi connectivity index (χ3n) is 5.31. The first-order valence-electron chi connectivity index (χ1n) is 10.1. The number of amides is 1. The number of thiophene rings is 1. The van der Waals surface area contributed by atoms with Crippen LogP contribution in [0.15, 0.2) is 40.6 Å². The highest BCUT2D eigenvalue weighted by molar-refractivity contribution is 7.89. The molecule has 29 heavy (non-hydrogen) atoms. The van der Waals surface area contributed by atoms with Crippen LogP contribution in [0.3, 0.4) is 0 Å². The zero-order valence-electron chi connectivity index (χ0n) is 17.3.